The Labute approximate surface area is 115 Å². The van der Waals surface area contributed by atoms with E-state index < -0.39 is 15.9 Å². The minimum Gasteiger partial charge on any atom is -0.383 e. The van der Waals surface area contributed by atoms with Crippen molar-refractivity contribution in [2.24, 2.45) is 5.92 Å². The van der Waals surface area contributed by atoms with Crippen LogP contribution in [0.5, 0.6) is 0 Å². The molecule has 1 heterocycles. The number of aromatic nitrogens is 1. The molecule has 18 heavy (non-hydrogen) atoms. The summed E-state index contributed by atoms with van der Waals surface area (Å²) in [5.41, 5.74) is 5.57. The zero-order chi connectivity index (χ0) is 13.9. The Hall–Kier alpha value is -1.17. The number of halogens is 1. The Morgan fingerprint density at radius 1 is 1.67 bits per heavy atom. The zero-order valence-electron chi connectivity index (χ0n) is 9.96. The van der Waals surface area contributed by atoms with E-state index in [4.69, 9.17) is 11.0 Å². The second-order valence-corrected chi connectivity index (χ2v) is 6.78. The fourth-order valence-corrected chi connectivity index (χ4v) is 3.16. The lowest BCUT2D eigenvalue weighted by atomic mass is 10.2. The molecule has 0 fully saturated rings. The van der Waals surface area contributed by atoms with Gasteiger partial charge in [0.15, 0.2) is 0 Å². The van der Waals surface area contributed by atoms with Crippen molar-refractivity contribution >= 4 is 31.8 Å². The molecule has 0 aliphatic carbocycles. The molecule has 0 radical (unpaired) electrons. The van der Waals surface area contributed by atoms with Gasteiger partial charge in [0.1, 0.15) is 10.7 Å². The molecule has 1 atom stereocenters. The van der Waals surface area contributed by atoms with Crippen LogP contribution in [0.15, 0.2) is 21.6 Å². The van der Waals surface area contributed by atoms with Gasteiger partial charge in [-0.1, -0.05) is 0 Å². The summed E-state index contributed by atoms with van der Waals surface area (Å²) in [5.74, 6) is -0.458. The second kappa shape index (κ2) is 5.65. The molecule has 1 aromatic rings. The van der Waals surface area contributed by atoms with Crippen LogP contribution in [0.4, 0.5) is 5.82 Å². The van der Waals surface area contributed by atoms with Crippen molar-refractivity contribution in [2.75, 3.05) is 19.3 Å². The lowest BCUT2D eigenvalue weighted by Crippen LogP contribution is -2.31. The van der Waals surface area contributed by atoms with Gasteiger partial charge in [-0.25, -0.2) is 13.4 Å². The Balaban J connectivity index is 3.14. The van der Waals surface area contributed by atoms with Gasteiger partial charge in [0.05, 0.1) is 12.0 Å². The topological polar surface area (TPSA) is 100 Å². The smallest absolute Gasteiger partial charge is 0.246 e. The maximum Gasteiger partial charge on any atom is 0.246 e. The van der Waals surface area contributed by atoms with Gasteiger partial charge in [-0.05, 0) is 28.9 Å². The molecule has 8 heteroatoms. The van der Waals surface area contributed by atoms with E-state index in [0.717, 1.165) is 4.31 Å². The van der Waals surface area contributed by atoms with Crippen LogP contribution in [0.1, 0.15) is 6.92 Å². The van der Waals surface area contributed by atoms with Crippen molar-refractivity contribution in [1.29, 1.82) is 5.26 Å². The van der Waals surface area contributed by atoms with Crippen molar-refractivity contribution in [1.82, 2.24) is 9.29 Å². The second-order valence-electron chi connectivity index (χ2n) is 3.85. The maximum atomic E-state index is 12.2. The number of hydrogen-bond acceptors (Lipinski definition) is 5. The normalized spacial score (nSPS) is 13.3. The molecule has 0 amide bonds. The van der Waals surface area contributed by atoms with E-state index >= 15 is 0 Å². The highest BCUT2D eigenvalue weighted by molar-refractivity contribution is 9.10. The predicted octanol–water partition coefficient (Wildman–Crippen LogP) is 1.21. The molecule has 0 spiro atoms. The van der Waals surface area contributed by atoms with E-state index in [-0.39, 0.29) is 17.3 Å². The molecule has 0 bridgehead atoms. The van der Waals surface area contributed by atoms with Crippen LogP contribution >= 0.6 is 15.9 Å². The molecule has 1 unspecified atom stereocenters. The van der Waals surface area contributed by atoms with E-state index in [0.29, 0.717) is 4.47 Å². The number of nitrogens with zero attached hydrogens (tertiary/aromatic N) is 3. The summed E-state index contributed by atoms with van der Waals surface area (Å²) in [5, 5.41) is 8.70. The summed E-state index contributed by atoms with van der Waals surface area (Å²) in [6.07, 6.45) is 1.42. The summed E-state index contributed by atoms with van der Waals surface area (Å²) in [6.45, 7) is 1.75. The van der Waals surface area contributed by atoms with Crippen molar-refractivity contribution in [3.8, 4) is 6.07 Å². The van der Waals surface area contributed by atoms with Crippen LogP contribution in [0.25, 0.3) is 0 Å². The molecule has 1 rings (SSSR count). The highest BCUT2D eigenvalue weighted by atomic mass is 79.9. The van der Waals surface area contributed by atoms with Crippen LogP contribution in [-0.2, 0) is 10.0 Å². The van der Waals surface area contributed by atoms with Gasteiger partial charge in [-0.3, -0.25) is 0 Å². The third kappa shape index (κ3) is 3.19. The number of sulfonamides is 1. The maximum absolute atomic E-state index is 12.2. The van der Waals surface area contributed by atoms with Crippen molar-refractivity contribution in [3.63, 3.8) is 0 Å². The summed E-state index contributed by atoms with van der Waals surface area (Å²) in [7, 11) is -2.33. The molecule has 0 saturated heterocycles. The fourth-order valence-electron chi connectivity index (χ4n) is 1.33. The van der Waals surface area contributed by atoms with Crippen LogP contribution < -0.4 is 5.73 Å². The Morgan fingerprint density at radius 2 is 2.28 bits per heavy atom. The van der Waals surface area contributed by atoms with Gasteiger partial charge >= 0.3 is 0 Å². The van der Waals surface area contributed by atoms with Crippen molar-refractivity contribution < 1.29 is 8.42 Å². The third-order valence-corrected chi connectivity index (χ3v) is 4.57. The largest absolute Gasteiger partial charge is 0.383 e. The highest BCUT2D eigenvalue weighted by Gasteiger charge is 2.25. The lowest BCUT2D eigenvalue weighted by molar-refractivity contribution is 0.439. The highest BCUT2D eigenvalue weighted by Crippen LogP contribution is 2.23. The average molecular weight is 333 g/mol. The number of nitrogens with two attached hydrogens (primary N) is 1. The molecular formula is C10H13BrN4O2S. The lowest BCUT2D eigenvalue weighted by Gasteiger charge is -2.18. The van der Waals surface area contributed by atoms with Gasteiger partial charge in [-0.2, -0.15) is 9.57 Å². The van der Waals surface area contributed by atoms with E-state index in [9.17, 15) is 8.42 Å². The van der Waals surface area contributed by atoms with E-state index in [1.54, 1.807) is 6.92 Å². The molecule has 2 N–H and O–H groups in total. The number of hydrogen-bond donors (Lipinski definition) is 1. The van der Waals surface area contributed by atoms with Crippen molar-refractivity contribution in [3.05, 3.63) is 16.7 Å². The Kier molecular flexibility index (Phi) is 4.67. The molecule has 0 saturated carbocycles. The van der Waals surface area contributed by atoms with Crippen LogP contribution in [0, 0.1) is 17.2 Å². The molecule has 0 aromatic carbocycles. The van der Waals surface area contributed by atoms with Gasteiger partial charge in [-0.15, -0.1) is 0 Å². The summed E-state index contributed by atoms with van der Waals surface area (Å²) in [6, 6.07) is 3.38. The Bertz CT molecular complexity index is 582. The fraction of sp³-hybridized carbons (Fsp3) is 0.400. The third-order valence-electron chi connectivity index (χ3n) is 2.29. The molecular weight excluding hydrogens is 320 g/mol. The molecule has 0 aliphatic heterocycles. The van der Waals surface area contributed by atoms with Gasteiger partial charge in [0.2, 0.25) is 10.0 Å². The first kappa shape index (κ1) is 14.9. The number of pyridine rings is 1. The summed E-state index contributed by atoms with van der Waals surface area (Å²) < 4.78 is 26.1. The van der Waals surface area contributed by atoms with E-state index in [1.807, 2.05) is 6.07 Å². The predicted molar refractivity (Wildman–Crippen MR) is 70.9 cm³/mol. The molecule has 98 valence electrons. The van der Waals surface area contributed by atoms with E-state index in [1.165, 1.54) is 19.3 Å². The number of nitrogen functional groups attached to an aromatic ring is 1. The SMILES string of the molecule is CC(C#N)CN(C)S(=O)(=O)c1cc(Br)cnc1N. The van der Waals surface area contributed by atoms with Crippen molar-refractivity contribution in [2.45, 2.75) is 11.8 Å². The number of anilines is 1. The van der Waals surface area contributed by atoms with Gasteiger partial charge < -0.3 is 5.73 Å². The van der Waals surface area contributed by atoms with Gasteiger partial charge in [0.25, 0.3) is 0 Å². The molecule has 1 aromatic heterocycles. The average Bonchev–Trinajstić information content (AvgIpc) is 2.31. The van der Waals surface area contributed by atoms with Crippen LogP contribution in [0.3, 0.4) is 0 Å². The monoisotopic (exact) mass is 332 g/mol. The van der Waals surface area contributed by atoms with Crippen LogP contribution in [-0.4, -0.2) is 31.3 Å². The van der Waals surface area contributed by atoms with Crippen LogP contribution in [0.2, 0.25) is 0 Å². The summed E-state index contributed by atoms with van der Waals surface area (Å²) in [4.78, 5) is 3.72. The zero-order valence-corrected chi connectivity index (χ0v) is 12.4. The van der Waals surface area contributed by atoms with E-state index in [2.05, 4.69) is 20.9 Å². The standard InChI is InChI=1S/C10H13BrN4O2S/c1-7(4-12)6-15(2)18(16,17)9-3-8(11)5-14-10(9)13/h3,5,7H,6H2,1-2H3,(H2,13,14). The molecule has 0 aliphatic rings. The van der Waals surface area contributed by atoms with Gasteiger partial charge in [0, 0.05) is 24.3 Å². The molecule has 6 nitrogen and oxygen atoms in total. The first-order chi connectivity index (χ1) is 8.28. The minimum absolute atomic E-state index is 0.0605. The first-order valence-corrected chi connectivity index (χ1v) is 7.29. The first-order valence-electron chi connectivity index (χ1n) is 5.06. The quantitative estimate of drug-likeness (QED) is 0.892. The number of nitriles is 1. The summed E-state index contributed by atoms with van der Waals surface area (Å²) >= 11 is 3.15. The number of rotatable bonds is 4. The Morgan fingerprint density at radius 3 is 2.83 bits per heavy atom. The minimum atomic E-state index is -3.73.